The summed E-state index contributed by atoms with van der Waals surface area (Å²) in [4.78, 5) is 4.00. The lowest BCUT2D eigenvalue weighted by Gasteiger charge is -2.25. The average molecular weight is 278 g/mol. The summed E-state index contributed by atoms with van der Waals surface area (Å²) in [5.41, 5.74) is 6.76. The SMILES string of the molecule is CC(C)(CCN)c1cc(Cl)ncc1Br. The average Bonchev–Trinajstić information content (AvgIpc) is 2.09. The highest BCUT2D eigenvalue weighted by Gasteiger charge is 2.22. The van der Waals surface area contributed by atoms with Gasteiger partial charge in [0.2, 0.25) is 0 Å². The van der Waals surface area contributed by atoms with Gasteiger partial charge in [0.25, 0.3) is 0 Å². The second kappa shape index (κ2) is 4.60. The molecule has 0 radical (unpaired) electrons. The zero-order chi connectivity index (χ0) is 10.8. The number of pyridine rings is 1. The third-order valence-corrected chi connectivity index (χ3v) is 3.16. The third kappa shape index (κ3) is 2.69. The van der Waals surface area contributed by atoms with E-state index in [9.17, 15) is 0 Å². The van der Waals surface area contributed by atoms with Crippen LogP contribution in [-0.2, 0) is 5.41 Å². The second-order valence-corrected chi connectivity index (χ2v) is 5.15. The van der Waals surface area contributed by atoms with E-state index in [1.807, 2.05) is 6.07 Å². The lowest BCUT2D eigenvalue weighted by atomic mass is 9.82. The van der Waals surface area contributed by atoms with Gasteiger partial charge in [-0.1, -0.05) is 25.4 Å². The van der Waals surface area contributed by atoms with Crippen molar-refractivity contribution in [1.82, 2.24) is 4.98 Å². The molecule has 0 aliphatic rings. The summed E-state index contributed by atoms with van der Waals surface area (Å²) in [7, 11) is 0. The molecule has 0 saturated carbocycles. The molecular formula is C10H14BrClN2. The monoisotopic (exact) mass is 276 g/mol. The van der Waals surface area contributed by atoms with Crippen LogP contribution < -0.4 is 5.73 Å². The number of hydrogen-bond acceptors (Lipinski definition) is 2. The van der Waals surface area contributed by atoms with Gasteiger partial charge in [-0.25, -0.2) is 4.98 Å². The van der Waals surface area contributed by atoms with Gasteiger partial charge in [-0.3, -0.25) is 0 Å². The van der Waals surface area contributed by atoms with E-state index in [2.05, 4.69) is 34.8 Å². The van der Waals surface area contributed by atoms with Crippen molar-refractivity contribution in [2.45, 2.75) is 25.7 Å². The molecule has 2 N–H and O–H groups in total. The van der Waals surface area contributed by atoms with Gasteiger partial charge in [0.15, 0.2) is 0 Å². The Morgan fingerprint density at radius 1 is 1.57 bits per heavy atom. The number of rotatable bonds is 3. The maximum Gasteiger partial charge on any atom is 0.129 e. The zero-order valence-corrected chi connectivity index (χ0v) is 10.7. The topological polar surface area (TPSA) is 38.9 Å². The van der Waals surface area contributed by atoms with E-state index in [-0.39, 0.29) is 5.41 Å². The van der Waals surface area contributed by atoms with Crippen LogP contribution in [0, 0.1) is 0 Å². The Morgan fingerprint density at radius 3 is 2.79 bits per heavy atom. The number of nitrogens with two attached hydrogens (primary N) is 1. The predicted octanol–water partition coefficient (Wildman–Crippen LogP) is 3.12. The maximum atomic E-state index is 5.86. The normalized spacial score (nSPS) is 11.8. The first kappa shape index (κ1) is 12.0. The minimum Gasteiger partial charge on any atom is -0.330 e. The van der Waals surface area contributed by atoms with Crippen LogP contribution >= 0.6 is 27.5 Å². The largest absolute Gasteiger partial charge is 0.330 e. The Morgan fingerprint density at radius 2 is 2.21 bits per heavy atom. The Kier molecular flexibility index (Phi) is 3.93. The molecule has 0 amide bonds. The quantitative estimate of drug-likeness (QED) is 0.862. The molecule has 0 fully saturated rings. The summed E-state index contributed by atoms with van der Waals surface area (Å²) < 4.78 is 0.986. The molecule has 1 rings (SSSR count). The van der Waals surface area contributed by atoms with Crippen LogP contribution in [0.15, 0.2) is 16.7 Å². The molecule has 78 valence electrons. The van der Waals surface area contributed by atoms with Gasteiger partial charge in [-0.05, 0) is 45.9 Å². The van der Waals surface area contributed by atoms with Gasteiger partial charge in [0.1, 0.15) is 5.15 Å². The van der Waals surface area contributed by atoms with Crippen molar-refractivity contribution in [3.63, 3.8) is 0 Å². The van der Waals surface area contributed by atoms with E-state index in [4.69, 9.17) is 17.3 Å². The molecule has 0 unspecified atom stereocenters. The Balaban J connectivity index is 3.10. The van der Waals surface area contributed by atoms with Crippen molar-refractivity contribution in [2.75, 3.05) is 6.54 Å². The minimum atomic E-state index is 0.0279. The lowest BCUT2D eigenvalue weighted by Crippen LogP contribution is -2.22. The second-order valence-electron chi connectivity index (χ2n) is 3.91. The number of nitrogens with zero attached hydrogens (tertiary/aromatic N) is 1. The van der Waals surface area contributed by atoms with E-state index in [1.165, 1.54) is 0 Å². The first-order valence-electron chi connectivity index (χ1n) is 4.49. The lowest BCUT2D eigenvalue weighted by molar-refractivity contribution is 0.485. The van der Waals surface area contributed by atoms with Crippen LogP contribution in [0.4, 0.5) is 0 Å². The Labute approximate surface area is 98.0 Å². The molecule has 1 aromatic rings. The van der Waals surface area contributed by atoms with Gasteiger partial charge < -0.3 is 5.73 Å². The minimum absolute atomic E-state index is 0.0279. The summed E-state index contributed by atoms with van der Waals surface area (Å²) in [5.74, 6) is 0. The van der Waals surface area contributed by atoms with E-state index < -0.39 is 0 Å². The Bertz CT molecular complexity index is 326. The molecule has 0 saturated heterocycles. The van der Waals surface area contributed by atoms with E-state index in [0.717, 1.165) is 16.5 Å². The smallest absolute Gasteiger partial charge is 0.129 e. The summed E-state index contributed by atoms with van der Waals surface area (Å²) in [6.45, 7) is 4.96. The van der Waals surface area contributed by atoms with Crippen molar-refractivity contribution >= 4 is 27.5 Å². The number of aromatic nitrogens is 1. The molecule has 0 atom stereocenters. The first-order chi connectivity index (χ1) is 6.47. The molecule has 1 heterocycles. The van der Waals surface area contributed by atoms with Crippen LogP contribution in [0.25, 0.3) is 0 Å². The standard InChI is InChI=1S/C10H14BrClN2/c1-10(2,3-4-13)7-5-9(12)14-6-8(7)11/h5-6H,3-4,13H2,1-2H3. The summed E-state index contributed by atoms with van der Waals surface area (Å²) in [5, 5.41) is 0.522. The van der Waals surface area contributed by atoms with Gasteiger partial charge in [-0.2, -0.15) is 0 Å². The van der Waals surface area contributed by atoms with Crippen LogP contribution in [0.2, 0.25) is 5.15 Å². The Hall–Kier alpha value is -0.120. The van der Waals surface area contributed by atoms with Crippen LogP contribution in [-0.4, -0.2) is 11.5 Å². The summed E-state index contributed by atoms with van der Waals surface area (Å²) >= 11 is 9.33. The highest BCUT2D eigenvalue weighted by atomic mass is 79.9. The van der Waals surface area contributed by atoms with Crippen LogP contribution in [0.1, 0.15) is 25.8 Å². The molecule has 0 bridgehead atoms. The van der Waals surface area contributed by atoms with Gasteiger partial charge in [0, 0.05) is 10.7 Å². The number of halogens is 2. The molecule has 2 nitrogen and oxygen atoms in total. The summed E-state index contributed by atoms with van der Waals surface area (Å²) in [6.07, 6.45) is 2.65. The van der Waals surface area contributed by atoms with E-state index in [0.29, 0.717) is 11.7 Å². The van der Waals surface area contributed by atoms with E-state index in [1.54, 1.807) is 6.20 Å². The van der Waals surface area contributed by atoms with Gasteiger partial charge in [0.05, 0.1) is 0 Å². The van der Waals surface area contributed by atoms with Gasteiger partial charge in [-0.15, -0.1) is 0 Å². The van der Waals surface area contributed by atoms with Crippen molar-refractivity contribution in [2.24, 2.45) is 5.73 Å². The maximum absolute atomic E-state index is 5.86. The molecule has 0 aliphatic heterocycles. The van der Waals surface area contributed by atoms with Crippen LogP contribution in [0.5, 0.6) is 0 Å². The highest BCUT2D eigenvalue weighted by Crippen LogP contribution is 2.33. The molecular weight excluding hydrogens is 263 g/mol. The fourth-order valence-corrected chi connectivity index (χ4v) is 2.34. The zero-order valence-electron chi connectivity index (χ0n) is 8.35. The van der Waals surface area contributed by atoms with Crippen molar-refractivity contribution in [3.05, 3.63) is 27.5 Å². The van der Waals surface area contributed by atoms with Crippen LogP contribution in [0.3, 0.4) is 0 Å². The molecule has 0 aliphatic carbocycles. The number of hydrogen-bond donors (Lipinski definition) is 1. The van der Waals surface area contributed by atoms with Gasteiger partial charge >= 0.3 is 0 Å². The fraction of sp³-hybridized carbons (Fsp3) is 0.500. The predicted molar refractivity (Wildman–Crippen MR) is 63.6 cm³/mol. The third-order valence-electron chi connectivity index (χ3n) is 2.32. The molecule has 4 heteroatoms. The molecule has 1 aromatic heterocycles. The first-order valence-corrected chi connectivity index (χ1v) is 5.66. The van der Waals surface area contributed by atoms with Crippen molar-refractivity contribution in [1.29, 1.82) is 0 Å². The molecule has 0 spiro atoms. The summed E-state index contributed by atoms with van der Waals surface area (Å²) in [6, 6.07) is 1.89. The van der Waals surface area contributed by atoms with Crippen molar-refractivity contribution < 1.29 is 0 Å². The fourth-order valence-electron chi connectivity index (χ4n) is 1.43. The van der Waals surface area contributed by atoms with E-state index >= 15 is 0 Å². The molecule has 14 heavy (non-hydrogen) atoms. The van der Waals surface area contributed by atoms with Crippen molar-refractivity contribution in [3.8, 4) is 0 Å². The molecule has 0 aromatic carbocycles. The highest BCUT2D eigenvalue weighted by molar-refractivity contribution is 9.10.